The highest BCUT2D eigenvalue weighted by Crippen LogP contribution is 2.43. The van der Waals surface area contributed by atoms with E-state index in [0.717, 1.165) is 35.5 Å². The Bertz CT molecular complexity index is 1100. The lowest BCUT2D eigenvalue weighted by Gasteiger charge is -2.29. The molecule has 2 aromatic rings. The third kappa shape index (κ3) is 7.78. The number of imidazole rings is 1. The standard InChI is InChI=1S/C28H46F2N4O2SSi/c1-27(2,3)37(35)33-23(15-19-11-12-28(29,30)17-19)26-32-22-10-9-21(25(31)20-7-8-20)16-24(22)34(26)18-36-13-14-38(4,5)6/h9-10,16,19-20,23,25,33H,7-8,11-15,17-18,31H2,1-6H3/t19-,23?,25?,37?/m1/s1. The van der Waals surface area contributed by atoms with E-state index >= 15 is 0 Å². The molecule has 2 aliphatic carbocycles. The van der Waals surface area contributed by atoms with E-state index in [0.29, 0.717) is 37.9 Å². The van der Waals surface area contributed by atoms with Crippen LogP contribution in [-0.2, 0) is 22.8 Å². The third-order valence-corrected chi connectivity index (χ3v) is 11.0. The van der Waals surface area contributed by atoms with Gasteiger partial charge in [0.15, 0.2) is 0 Å². The molecular formula is C28H46F2N4O2SSi. The van der Waals surface area contributed by atoms with Gasteiger partial charge in [-0.25, -0.2) is 13.8 Å². The molecule has 6 nitrogen and oxygen atoms in total. The monoisotopic (exact) mass is 568 g/mol. The van der Waals surface area contributed by atoms with Crippen LogP contribution in [0.15, 0.2) is 18.2 Å². The zero-order valence-corrected chi connectivity index (χ0v) is 25.7. The molecule has 1 heterocycles. The van der Waals surface area contributed by atoms with E-state index in [1.165, 1.54) is 0 Å². The number of nitrogens with one attached hydrogen (secondary N) is 1. The van der Waals surface area contributed by atoms with Crippen molar-refractivity contribution >= 4 is 30.5 Å². The van der Waals surface area contributed by atoms with Crippen molar-refractivity contribution in [1.29, 1.82) is 0 Å². The van der Waals surface area contributed by atoms with Crippen molar-refractivity contribution < 1.29 is 18.1 Å². The SMILES string of the molecule is CC(C)(C)[S+]([O-])NC(C[C@H]1CCC(F)(F)C1)c1nc2ccc(C(N)C3CC3)cc2n1COCC[Si](C)(C)C. The van der Waals surface area contributed by atoms with E-state index in [-0.39, 0.29) is 24.8 Å². The van der Waals surface area contributed by atoms with E-state index < -0.39 is 36.1 Å². The quantitative estimate of drug-likeness (QED) is 0.169. The summed E-state index contributed by atoms with van der Waals surface area (Å²) in [6, 6.07) is 6.74. The molecule has 0 amide bonds. The summed E-state index contributed by atoms with van der Waals surface area (Å²) >= 11 is -1.39. The molecule has 10 heteroatoms. The molecular weight excluding hydrogens is 522 g/mol. The lowest BCUT2D eigenvalue weighted by atomic mass is 9.98. The van der Waals surface area contributed by atoms with Crippen molar-refractivity contribution in [2.75, 3.05) is 6.61 Å². The average molecular weight is 569 g/mol. The number of aromatic nitrogens is 2. The molecule has 4 rings (SSSR count). The molecule has 1 aromatic heterocycles. The van der Waals surface area contributed by atoms with Gasteiger partial charge in [-0.05, 0) is 82.0 Å². The Morgan fingerprint density at radius 3 is 2.55 bits per heavy atom. The van der Waals surface area contributed by atoms with E-state index in [4.69, 9.17) is 15.5 Å². The number of halogens is 2. The fraction of sp³-hybridized carbons (Fsp3) is 0.750. The van der Waals surface area contributed by atoms with Gasteiger partial charge in [0.05, 0.1) is 11.0 Å². The number of hydrogen-bond donors (Lipinski definition) is 2. The largest absolute Gasteiger partial charge is 0.598 e. The first-order chi connectivity index (χ1) is 17.6. The molecule has 0 aliphatic heterocycles. The number of rotatable bonds is 12. The topological polar surface area (TPSA) is 88.2 Å². The summed E-state index contributed by atoms with van der Waals surface area (Å²) in [7, 11) is -1.27. The van der Waals surface area contributed by atoms with Crippen molar-refractivity contribution in [1.82, 2.24) is 14.3 Å². The summed E-state index contributed by atoms with van der Waals surface area (Å²) in [5.74, 6) is -1.59. The van der Waals surface area contributed by atoms with Crippen LogP contribution >= 0.6 is 0 Å². The lowest BCUT2D eigenvalue weighted by Crippen LogP contribution is -2.42. The molecule has 0 bridgehead atoms. The number of alkyl halides is 2. The maximum Gasteiger partial charge on any atom is 0.248 e. The molecule has 214 valence electrons. The van der Waals surface area contributed by atoms with E-state index in [1.54, 1.807) is 0 Å². The smallest absolute Gasteiger partial charge is 0.248 e. The Labute approximate surface area is 230 Å². The number of ether oxygens (including phenoxy) is 1. The summed E-state index contributed by atoms with van der Waals surface area (Å²) < 4.78 is 52.5. The van der Waals surface area contributed by atoms with Gasteiger partial charge in [-0.15, -0.1) is 4.72 Å². The number of nitrogens with two attached hydrogens (primary N) is 1. The third-order valence-electron chi connectivity index (χ3n) is 7.73. The van der Waals surface area contributed by atoms with Crippen molar-refractivity contribution in [3.05, 3.63) is 29.6 Å². The van der Waals surface area contributed by atoms with E-state index in [1.807, 2.05) is 37.5 Å². The van der Waals surface area contributed by atoms with Crippen molar-refractivity contribution in [2.24, 2.45) is 17.6 Å². The molecule has 1 aromatic carbocycles. The van der Waals surface area contributed by atoms with Crippen LogP contribution < -0.4 is 10.5 Å². The maximum atomic E-state index is 14.1. The first-order valence-corrected chi connectivity index (χ1v) is 18.9. The Morgan fingerprint density at radius 2 is 1.97 bits per heavy atom. The van der Waals surface area contributed by atoms with Gasteiger partial charge in [0.25, 0.3) is 0 Å². The lowest BCUT2D eigenvalue weighted by molar-refractivity contribution is 0.00429. The predicted octanol–water partition coefficient (Wildman–Crippen LogP) is 6.68. The number of hydrogen-bond acceptors (Lipinski definition) is 5. The Hall–Kier alpha value is -1.04. The zero-order chi connectivity index (χ0) is 27.9. The molecule has 0 radical (unpaired) electrons. The molecule has 4 atom stereocenters. The van der Waals surface area contributed by atoms with Crippen LogP contribution in [0, 0.1) is 11.8 Å². The molecule has 2 saturated carbocycles. The first-order valence-electron chi connectivity index (χ1n) is 14.0. The van der Waals surface area contributed by atoms with Gasteiger partial charge in [0.1, 0.15) is 23.3 Å². The second-order valence-electron chi connectivity index (χ2n) is 13.6. The van der Waals surface area contributed by atoms with E-state index in [9.17, 15) is 13.3 Å². The molecule has 38 heavy (non-hydrogen) atoms. The Morgan fingerprint density at radius 1 is 1.26 bits per heavy atom. The molecule has 0 spiro atoms. The van der Waals surface area contributed by atoms with Gasteiger partial charge in [0.2, 0.25) is 5.92 Å². The Kier molecular flexibility index (Phi) is 9.01. The normalized spacial score (nSPS) is 22.6. The second-order valence-corrected chi connectivity index (χ2v) is 21.2. The van der Waals surface area contributed by atoms with Crippen LogP contribution in [0.4, 0.5) is 8.78 Å². The summed E-state index contributed by atoms with van der Waals surface area (Å²) in [6.07, 6.45) is 2.98. The second kappa shape index (κ2) is 11.4. The minimum absolute atomic E-state index is 0.0120. The average Bonchev–Trinajstić information content (AvgIpc) is 3.51. The minimum Gasteiger partial charge on any atom is -0.598 e. The molecule has 3 unspecified atom stereocenters. The van der Waals surface area contributed by atoms with Crippen LogP contribution in [0.2, 0.25) is 25.7 Å². The van der Waals surface area contributed by atoms with Gasteiger partial charge in [-0.3, -0.25) is 0 Å². The highest BCUT2D eigenvalue weighted by Gasteiger charge is 2.42. The number of benzene rings is 1. The molecule has 0 saturated heterocycles. The summed E-state index contributed by atoms with van der Waals surface area (Å²) in [5, 5.41) is 0. The van der Waals surface area contributed by atoms with Crippen LogP contribution in [-0.4, -0.2) is 39.5 Å². The van der Waals surface area contributed by atoms with Crippen molar-refractivity contribution in [3.8, 4) is 0 Å². The minimum atomic E-state index is -2.63. The van der Waals surface area contributed by atoms with Gasteiger partial charge >= 0.3 is 0 Å². The highest BCUT2D eigenvalue weighted by molar-refractivity contribution is 7.90. The number of fused-ring (bicyclic) bond motifs is 1. The van der Waals surface area contributed by atoms with Crippen LogP contribution in [0.25, 0.3) is 11.0 Å². The van der Waals surface area contributed by atoms with Crippen LogP contribution in [0.1, 0.15) is 82.8 Å². The summed E-state index contributed by atoms with van der Waals surface area (Å²) in [5.41, 5.74) is 9.36. The fourth-order valence-corrected chi connectivity index (χ4v) is 6.69. The van der Waals surface area contributed by atoms with Crippen molar-refractivity contribution in [2.45, 2.75) is 114 Å². The van der Waals surface area contributed by atoms with Crippen LogP contribution in [0.5, 0.6) is 0 Å². The van der Waals surface area contributed by atoms with Gasteiger partial charge < -0.3 is 19.6 Å². The van der Waals surface area contributed by atoms with Crippen molar-refractivity contribution in [3.63, 3.8) is 0 Å². The number of nitrogens with zero attached hydrogens (tertiary/aromatic N) is 2. The summed E-state index contributed by atoms with van der Waals surface area (Å²) in [6.45, 7) is 13.6. The Balaban J connectivity index is 1.69. The predicted molar refractivity (Wildman–Crippen MR) is 154 cm³/mol. The molecule has 3 N–H and O–H groups in total. The molecule has 2 fully saturated rings. The van der Waals surface area contributed by atoms with Gasteiger partial charge in [-0.1, -0.05) is 25.7 Å². The fourth-order valence-electron chi connectivity index (χ4n) is 5.12. The maximum absolute atomic E-state index is 14.1. The summed E-state index contributed by atoms with van der Waals surface area (Å²) in [4.78, 5) is 4.98. The zero-order valence-electron chi connectivity index (χ0n) is 23.9. The van der Waals surface area contributed by atoms with Crippen LogP contribution in [0.3, 0.4) is 0 Å². The molecule has 2 aliphatic rings. The van der Waals surface area contributed by atoms with E-state index in [2.05, 4.69) is 30.4 Å². The highest BCUT2D eigenvalue weighted by atomic mass is 32.2. The van der Waals surface area contributed by atoms with Gasteiger partial charge in [-0.2, -0.15) is 0 Å². The first kappa shape index (κ1) is 29.9. The van der Waals surface area contributed by atoms with Gasteiger partial charge in [0, 0.05) is 44.9 Å².